The zero-order valence-corrected chi connectivity index (χ0v) is 22.8. The van der Waals surface area contributed by atoms with E-state index in [0.717, 1.165) is 49.4 Å². The first-order valence-electron chi connectivity index (χ1n) is 12.4. The molecule has 0 aromatic heterocycles. The fraction of sp³-hybridized carbons (Fsp3) is 0.667. The van der Waals surface area contributed by atoms with Crippen LogP contribution in [0.3, 0.4) is 0 Å². The lowest BCUT2D eigenvalue weighted by Crippen LogP contribution is -2.50. The lowest BCUT2D eigenvalue weighted by atomic mass is 10.1. The number of piperazine rings is 1. The molecule has 0 aliphatic carbocycles. The van der Waals surface area contributed by atoms with Gasteiger partial charge in [-0.15, -0.1) is 0 Å². The van der Waals surface area contributed by atoms with E-state index in [1.807, 2.05) is 32.9 Å². The van der Waals surface area contributed by atoms with Gasteiger partial charge in [0.25, 0.3) is 0 Å². The molecule has 2 fully saturated rings. The Balaban J connectivity index is 0.000000638. The number of ether oxygens (including phenoxy) is 1. The van der Waals surface area contributed by atoms with Crippen LogP contribution in [-0.2, 0) is 24.3 Å². The molecule has 0 unspecified atom stereocenters. The highest BCUT2D eigenvalue weighted by Crippen LogP contribution is 2.25. The number of carboxylic acid groups (broad SMARTS) is 1. The van der Waals surface area contributed by atoms with Crippen molar-refractivity contribution in [3.05, 3.63) is 28.8 Å². The molecule has 0 radical (unpaired) electrons. The summed E-state index contributed by atoms with van der Waals surface area (Å²) in [7, 11) is -3.79. The van der Waals surface area contributed by atoms with Crippen molar-refractivity contribution in [1.82, 2.24) is 19.4 Å². The summed E-state index contributed by atoms with van der Waals surface area (Å²) < 4.78 is 65.9. The fourth-order valence-electron chi connectivity index (χ4n) is 4.45. The van der Waals surface area contributed by atoms with Crippen LogP contribution in [0.2, 0.25) is 0 Å². The normalized spacial score (nSPS) is 17.2. The molecule has 2 aliphatic rings. The number of sulfonamides is 1. The van der Waals surface area contributed by atoms with Crippen molar-refractivity contribution in [3.63, 3.8) is 0 Å². The average molecular weight is 567 g/mol. The van der Waals surface area contributed by atoms with Crippen LogP contribution in [0.25, 0.3) is 0 Å². The quantitative estimate of drug-likeness (QED) is 0.485. The smallest absolute Gasteiger partial charge is 0.475 e. The van der Waals surface area contributed by atoms with Gasteiger partial charge in [0.05, 0.1) is 24.7 Å². The van der Waals surface area contributed by atoms with Crippen LogP contribution in [0, 0.1) is 20.8 Å². The molecule has 0 bridgehead atoms. The van der Waals surface area contributed by atoms with Gasteiger partial charge in [0.15, 0.2) is 0 Å². The number of carboxylic acids is 1. The van der Waals surface area contributed by atoms with E-state index in [1.165, 1.54) is 4.31 Å². The van der Waals surface area contributed by atoms with Gasteiger partial charge in [0, 0.05) is 45.8 Å². The number of aryl methyl sites for hydroxylation is 3. The molecule has 3 rings (SSSR count). The number of hydrogen-bond donors (Lipinski definition) is 2. The molecule has 0 saturated carbocycles. The lowest BCUT2D eigenvalue weighted by Gasteiger charge is -2.31. The maximum Gasteiger partial charge on any atom is 0.490 e. The molecule has 38 heavy (non-hydrogen) atoms. The minimum absolute atomic E-state index is 0.113. The van der Waals surface area contributed by atoms with Crippen LogP contribution >= 0.6 is 0 Å². The predicted molar refractivity (Wildman–Crippen MR) is 134 cm³/mol. The average Bonchev–Trinajstić information content (AvgIpc) is 2.83. The summed E-state index contributed by atoms with van der Waals surface area (Å²) in [5, 5.41) is 10.4. The highest BCUT2D eigenvalue weighted by atomic mass is 32.2. The first kappa shape index (κ1) is 32.0. The highest BCUT2D eigenvalue weighted by molar-refractivity contribution is 7.89. The number of benzene rings is 1. The number of nitrogens with one attached hydrogen (secondary N) is 1. The van der Waals surface area contributed by atoms with Crippen molar-refractivity contribution in [3.8, 4) is 0 Å². The Hall–Kier alpha value is -2.26. The highest BCUT2D eigenvalue weighted by Gasteiger charge is 2.38. The third-order valence-corrected chi connectivity index (χ3v) is 8.36. The van der Waals surface area contributed by atoms with Crippen LogP contribution in [-0.4, -0.2) is 118 Å². The summed E-state index contributed by atoms with van der Waals surface area (Å²) in [5.74, 6) is -2.88. The number of morpholine rings is 1. The van der Waals surface area contributed by atoms with Gasteiger partial charge in [-0.05, 0) is 44.9 Å². The molecule has 2 heterocycles. The fourth-order valence-corrected chi connectivity index (χ4v) is 6.29. The second-order valence-corrected chi connectivity index (χ2v) is 11.2. The summed E-state index contributed by atoms with van der Waals surface area (Å²) in [6.45, 7) is 12.5. The van der Waals surface area contributed by atoms with Crippen LogP contribution in [0.5, 0.6) is 0 Å². The molecule has 1 aromatic carbocycles. The largest absolute Gasteiger partial charge is 0.490 e. The number of halogens is 3. The molecule has 14 heteroatoms. The molecular formula is C24H37F3N4O6S. The van der Waals surface area contributed by atoms with E-state index in [4.69, 9.17) is 14.6 Å². The van der Waals surface area contributed by atoms with Gasteiger partial charge in [-0.2, -0.15) is 17.5 Å². The Labute approximate surface area is 221 Å². The number of amides is 1. The number of rotatable bonds is 8. The summed E-state index contributed by atoms with van der Waals surface area (Å²) >= 11 is 0. The Morgan fingerprint density at radius 1 is 1.05 bits per heavy atom. The van der Waals surface area contributed by atoms with E-state index in [1.54, 1.807) is 4.90 Å². The first-order chi connectivity index (χ1) is 17.7. The Bertz CT molecular complexity index is 1030. The number of hydrogen-bond acceptors (Lipinski definition) is 7. The van der Waals surface area contributed by atoms with E-state index in [2.05, 4.69) is 10.2 Å². The van der Waals surface area contributed by atoms with Crippen molar-refractivity contribution in [1.29, 1.82) is 0 Å². The molecule has 2 saturated heterocycles. The van der Waals surface area contributed by atoms with Gasteiger partial charge in [-0.3, -0.25) is 9.69 Å². The van der Waals surface area contributed by atoms with E-state index in [0.29, 0.717) is 44.2 Å². The number of aliphatic carboxylic acids is 1. The summed E-state index contributed by atoms with van der Waals surface area (Å²) in [5.41, 5.74) is 2.49. The Morgan fingerprint density at radius 2 is 1.58 bits per heavy atom. The third-order valence-electron chi connectivity index (χ3n) is 6.21. The minimum Gasteiger partial charge on any atom is -0.475 e. The van der Waals surface area contributed by atoms with Gasteiger partial charge in [0.1, 0.15) is 0 Å². The Kier molecular flexibility index (Phi) is 12.0. The molecule has 0 atom stereocenters. The van der Waals surface area contributed by atoms with Crippen molar-refractivity contribution < 1.29 is 41.0 Å². The van der Waals surface area contributed by atoms with Gasteiger partial charge < -0.3 is 20.1 Å². The monoisotopic (exact) mass is 566 g/mol. The number of nitrogens with zero attached hydrogens (tertiary/aromatic N) is 3. The molecule has 0 spiro atoms. The van der Waals surface area contributed by atoms with Crippen molar-refractivity contribution in [2.24, 2.45) is 0 Å². The standard InChI is InChI=1S/C22H36N4O4S.C2HF3O2/c1-18-15-19(2)22(20(3)16-18)31(28,29)26(8-4-7-24-11-13-30-14-12-24)17-21(27)25-9-5-23-6-10-25;3-2(4,5)1(6)7/h15-16,23H,4-14,17H2,1-3H3;(H,6,7). The second kappa shape index (κ2) is 14.2. The van der Waals surface area contributed by atoms with Crippen LogP contribution < -0.4 is 5.32 Å². The summed E-state index contributed by atoms with van der Waals surface area (Å²) in [6, 6.07) is 3.79. The predicted octanol–water partition coefficient (Wildman–Crippen LogP) is 1.39. The van der Waals surface area contributed by atoms with Crippen molar-refractivity contribution in [2.75, 3.05) is 72.1 Å². The van der Waals surface area contributed by atoms with Gasteiger partial charge >= 0.3 is 12.1 Å². The van der Waals surface area contributed by atoms with Crippen LogP contribution in [0.4, 0.5) is 13.2 Å². The van der Waals surface area contributed by atoms with Gasteiger partial charge in [-0.25, -0.2) is 13.2 Å². The zero-order valence-electron chi connectivity index (χ0n) is 22.0. The molecular weight excluding hydrogens is 529 g/mol. The van der Waals surface area contributed by atoms with Gasteiger partial charge in [-0.1, -0.05) is 17.7 Å². The molecule has 2 aliphatic heterocycles. The minimum atomic E-state index is -5.08. The number of carbonyl (C=O) groups excluding carboxylic acids is 1. The summed E-state index contributed by atoms with van der Waals surface area (Å²) in [6.07, 6.45) is -4.40. The van der Waals surface area contributed by atoms with E-state index >= 15 is 0 Å². The molecule has 1 amide bonds. The van der Waals surface area contributed by atoms with E-state index in [9.17, 15) is 26.4 Å². The van der Waals surface area contributed by atoms with Crippen molar-refractivity contribution in [2.45, 2.75) is 38.3 Å². The Morgan fingerprint density at radius 3 is 2.08 bits per heavy atom. The maximum atomic E-state index is 13.7. The third kappa shape index (κ3) is 9.49. The SMILES string of the molecule is Cc1cc(C)c(S(=O)(=O)N(CCCN2CCOCC2)CC(=O)N2CCNCC2)c(C)c1.O=C(O)C(F)(F)F. The van der Waals surface area contributed by atoms with Crippen LogP contribution in [0.15, 0.2) is 17.0 Å². The first-order valence-corrected chi connectivity index (χ1v) is 13.8. The molecule has 2 N–H and O–H groups in total. The van der Waals surface area contributed by atoms with E-state index in [-0.39, 0.29) is 12.5 Å². The van der Waals surface area contributed by atoms with E-state index < -0.39 is 22.2 Å². The molecule has 216 valence electrons. The zero-order chi connectivity index (χ0) is 28.5. The molecule has 10 nitrogen and oxygen atoms in total. The summed E-state index contributed by atoms with van der Waals surface area (Å²) in [4.78, 5) is 26.2. The number of alkyl halides is 3. The van der Waals surface area contributed by atoms with Crippen molar-refractivity contribution >= 4 is 21.9 Å². The van der Waals surface area contributed by atoms with Crippen LogP contribution in [0.1, 0.15) is 23.1 Å². The van der Waals surface area contributed by atoms with Gasteiger partial charge in [0.2, 0.25) is 15.9 Å². The molecule has 1 aromatic rings. The second-order valence-electron chi connectivity index (χ2n) is 9.31. The maximum absolute atomic E-state index is 13.7. The lowest BCUT2D eigenvalue weighted by molar-refractivity contribution is -0.192. The topological polar surface area (TPSA) is 119 Å². The number of carbonyl (C=O) groups is 2.